The Balaban J connectivity index is 2.30. The van der Waals surface area contributed by atoms with Gasteiger partial charge in [-0.3, -0.25) is 0 Å². The molecule has 0 fully saturated rings. The highest BCUT2D eigenvalue weighted by atomic mass is 16.5. The highest BCUT2D eigenvalue weighted by Gasteiger charge is 2.17. The zero-order valence-electron chi connectivity index (χ0n) is 10.4. The van der Waals surface area contributed by atoms with Crippen molar-refractivity contribution in [1.82, 2.24) is 9.55 Å². The molecule has 94 valence electrons. The molecule has 1 aromatic carbocycles. The van der Waals surface area contributed by atoms with Crippen molar-refractivity contribution in [2.45, 2.75) is 13.5 Å². The summed E-state index contributed by atoms with van der Waals surface area (Å²) in [6, 6.07) is 5.35. The van der Waals surface area contributed by atoms with Crippen LogP contribution < -0.4 is 10.2 Å². The molecule has 0 saturated carbocycles. The van der Waals surface area contributed by atoms with Gasteiger partial charge >= 0.3 is 7.12 Å². The summed E-state index contributed by atoms with van der Waals surface area (Å²) in [5.74, 6) is 1.38. The van der Waals surface area contributed by atoms with Crippen molar-refractivity contribution < 1.29 is 14.8 Å². The molecule has 18 heavy (non-hydrogen) atoms. The first-order valence-corrected chi connectivity index (χ1v) is 5.62. The smallest absolute Gasteiger partial charge is 0.492 e. The molecular weight excluding hydrogens is 231 g/mol. The van der Waals surface area contributed by atoms with Crippen molar-refractivity contribution in [3.05, 3.63) is 42.0 Å². The highest BCUT2D eigenvalue weighted by Crippen LogP contribution is 2.11. The monoisotopic (exact) mass is 246 g/mol. The minimum absolute atomic E-state index is 0.368. The van der Waals surface area contributed by atoms with Gasteiger partial charge in [0.1, 0.15) is 11.6 Å². The second-order valence-electron chi connectivity index (χ2n) is 4.05. The molecule has 0 spiro atoms. The van der Waals surface area contributed by atoms with E-state index in [0.29, 0.717) is 17.8 Å². The summed E-state index contributed by atoms with van der Waals surface area (Å²) in [6.07, 6.45) is 3.62. The maximum atomic E-state index is 9.30. The van der Waals surface area contributed by atoms with Gasteiger partial charge in [-0.15, -0.1) is 0 Å². The van der Waals surface area contributed by atoms with Gasteiger partial charge in [0.15, 0.2) is 0 Å². The minimum Gasteiger partial charge on any atom is -0.497 e. The standard InChI is InChI=1S/C12H15BN2O3/c1-9-14-5-6-15(9)8-10-3-4-12(18-2)11(7-10)13(16)17/h3-7,16-17H,8H2,1-2H3. The first-order valence-electron chi connectivity index (χ1n) is 5.62. The van der Waals surface area contributed by atoms with Crippen molar-refractivity contribution in [3.8, 4) is 5.75 Å². The van der Waals surface area contributed by atoms with Crippen molar-refractivity contribution in [1.29, 1.82) is 0 Å². The maximum Gasteiger partial charge on any atom is 0.492 e. The van der Waals surface area contributed by atoms with E-state index in [4.69, 9.17) is 4.74 Å². The second-order valence-corrected chi connectivity index (χ2v) is 4.05. The van der Waals surface area contributed by atoms with Gasteiger partial charge in [0, 0.05) is 24.4 Å². The number of imidazole rings is 1. The third-order valence-electron chi connectivity index (χ3n) is 2.85. The topological polar surface area (TPSA) is 67.5 Å². The molecule has 2 rings (SSSR count). The lowest BCUT2D eigenvalue weighted by atomic mass is 9.78. The third-order valence-corrected chi connectivity index (χ3v) is 2.85. The van der Waals surface area contributed by atoms with Gasteiger partial charge in [0.25, 0.3) is 0 Å². The van der Waals surface area contributed by atoms with E-state index in [1.807, 2.05) is 23.8 Å². The molecule has 6 heteroatoms. The average molecular weight is 246 g/mol. The molecule has 0 radical (unpaired) electrons. The SMILES string of the molecule is COc1ccc(Cn2ccnc2C)cc1B(O)O. The van der Waals surface area contributed by atoms with Crippen molar-refractivity contribution in [2.75, 3.05) is 7.11 Å². The Morgan fingerprint density at radius 3 is 2.72 bits per heavy atom. The minimum atomic E-state index is -1.54. The zero-order valence-corrected chi connectivity index (χ0v) is 10.4. The summed E-state index contributed by atoms with van der Waals surface area (Å²) in [7, 11) is -0.0373. The van der Waals surface area contributed by atoms with Crippen LogP contribution in [-0.2, 0) is 6.54 Å². The fourth-order valence-corrected chi connectivity index (χ4v) is 1.85. The highest BCUT2D eigenvalue weighted by molar-refractivity contribution is 6.59. The van der Waals surface area contributed by atoms with Crippen LogP contribution in [0.25, 0.3) is 0 Å². The Labute approximate surface area is 106 Å². The Morgan fingerprint density at radius 1 is 1.39 bits per heavy atom. The number of ether oxygens (including phenoxy) is 1. The Hall–Kier alpha value is -1.79. The number of hydrogen-bond donors (Lipinski definition) is 2. The van der Waals surface area contributed by atoms with E-state index >= 15 is 0 Å². The molecule has 1 aromatic heterocycles. The first-order chi connectivity index (χ1) is 8.61. The fourth-order valence-electron chi connectivity index (χ4n) is 1.85. The van der Waals surface area contributed by atoms with Gasteiger partial charge in [-0.1, -0.05) is 12.1 Å². The summed E-state index contributed by atoms with van der Waals surface area (Å²) < 4.78 is 7.06. The number of benzene rings is 1. The second kappa shape index (κ2) is 5.24. The van der Waals surface area contributed by atoms with E-state index in [1.165, 1.54) is 7.11 Å². The molecule has 0 unspecified atom stereocenters. The van der Waals surface area contributed by atoms with Gasteiger partial charge < -0.3 is 19.4 Å². The molecule has 0 aliphatic carbocycles. The van der Waals surface area contributed by atoms with E-state index in [2.05, 4.69) is 4.98 Å². The predicted octanol–water partition coefficient (Wildman–Crippen LogP) is -0.0718. The van der Waals surface area contributed by atoms with Crippen LogP contribution in [0.4, 0.5) is 0 Å². The number of hydrogen-bond acceptors (Lipinski definition) is 4. The summed E-state index contributed by atoms with van der Waals surface area (Å²) in [5, 5.41) is 18.6. The molecule has 0 aliphatic heterocycles. The molecule has 0 aliphatic rings. The summed E-state index contributed by atoms with van der Waals surface area (Å²) >= 11 is 0. The molecule has 0 atom stereocenters. The van der Waals surface area contributed by atoms with E-state index in [9.17, 15) is 10.0 Å². The van der Waals surface area contributed by atoms with Crippen LogP contribution in [0.2, 0.25) is 0 Å². The Bertz CT molecular complexity index is 540. The lowest BCUT2D eigenvalue weighted by Crippen LogP contribution is -2.31. The van der Waals surface area contributed by atoms with Crippen molar-refractivity contribution in [2.24, 2.45) is 0 Å². The van der Waals surface area contributed by atoms with E-state index in [1.54, 1.807) is 18.3 Å². The Kier molecular flexibility index (Phi) is 3.69. The van der Waals surface area contributed by atoms with Crippen LogP contribution >= 0.6 is 0 Å². The van der Waals surface area contributed by atoms with E-state index in [-0.39, 0.29) is 0 Å². The summed E-state index contributed by atoms with van der Waals surface area (Å²) in [5.41, 5.74) is 1.33. The van der Waals surface area contributed by atoms with Gasteiger partial charge in [0.05, 0.1) is 7.11 Å². The van der Waals surface area contributed by atoms with Gasteiger partial charge in [0.2, 0.25) is 0 Å². The van der Waals surface area contributed by atoms with Gasteiger partial charge in [-0.25, -0.2) is 4.98 Å². The lowest BCUT2D eigenvalue weighted by Gasteiger charge is -2.11. The van der Waals surface area contributed by atoms with Crippen molar-refractivity contribution >= 4 is 12.6 Å². The molecular formula is C12H15BN2O3. The summed E-state index contributed by atoms with van der Waals surface area (Å²) in [6.45, 7) is 2.56. The number of aryl methyl sites for hydroxylation is 1. The quantitative estimate of drug-likeness (QED) is 0.741. The molecule has 1 heterocycles. The molecule has 2 aromatic rings. The summed E-state index contributed by atoms with van der Waals surface area (Å²) in [4.78, 5) is 4.14. The fraction of sp³-hybridized carbons (Fsp3) is 0.250. The number of rotatable bonds is 4. The van der Waals surface area contributed by atoms with Crippen molar-refractivity contribution in [3.63, 3.8) is 0 Å². The predicted molar refractivity (Wildman–Crippen MR) is 68.9 cm³/mol. The van der Waals surface area contributed by atoms with Crippen LogP contribution in [-0.4, -0.2) is 33.8 Å². The third kappa shape index (κ3) is 2.55. The van der Waals surface area contributed by atoms with Crippen LogP contribution in [0, 0.1) is 6.92 Å². The first kappa shape index (κ1) is 12.7. The van der Waals surface area contributed by atoms with Crippen LogP contribution in [0.5, 0.6) is 5.75 Å². The van der Waals surface area contributed by atoms with E-state index < -0.39 is 7.12 Å². The molecule has 0 amide bonds. The zero-order chi connectivity index (χ0) is 13.1. The van der Waals surface area contributed by atoms with Gasteiger partial charge in [-0.05, 0) is 18.6 Å². The van der Waals surface area contributed by atoms with Gasteiger partial charge in [-0.2, -0.15) is 0 Å². The van der Waals surface area contributed by atoms with Crippen LogP contribution in [0.15, 0.2) is 30.6 Å². The average Bonchev–Trinajstić information content (AvgIpc) is 2.75. The Morgan fingerprint density at radius 2 is 2.17 bits per heavy atom. The largest absolute Gasteiger partial charge is 0.497 e. The van der Waals surface area contributed by atoms with Crippen LogP contribution in [0.3, 0.4) is 0 Å². The van der Waals surface area contributed by atoms with Crippen LogP contribution in [0.1, 0.15) is 11.4 Å². The maximum absolute atomic E-state index is 9.30. The molecule has 5 nitrogen and oxygen atoms in total. The number of nitrogens with zero attached hydrogens (tertiary/aromatic N) is 2. The molecule has 0 bridgehead atoms. The van der Waals surface area contributed by atoms with E-state index in [0.717, 1.165) is 11.4 Å². The normalized spacial score (nSPS) is 10.4. The molecule has 0 saturated heterocycles. The number of aromatic nitrogens is 2. The molecule has 2 N–H and O–H groups in total. The number of methoxy groups -OCH3 is 1. The lowest BCUT2D eigenvalue weighted by molar-refractivity contribution is 0.403.